The lowest BCUT2D eigenvalue weighted by Gasteiger charge is -2.14. The standard InChI is InChI=1S/C11H11Cl3S/c12-9-2-1-3-10(13)8(9)4-7-5-15-6-11(7)14/h1-3,7,11H,4-6H2. The minimum atomic E-state index is 0.252. The van der Waals surface area contributed by atoms with E-state index in [1.165, 1.54) is 0 Å². The van der Waals surface area contributed by atoms with Crippen LogP contribution in [-0.4, -0.2) is 16.9 Å². The first-order valence-electron chi connectivity index (χ1n) is 4.83. The van der Waals surface area contributed by atoms with E-state index in [0.717, 1.165) is 33.5 Å². The fourth-order valence-electron chi connectivity index (χ4n) is 1.75. The Balaban J connectivity index is 2.16. The van der Waals surface area contributed by atoms with Gasteiger partial charge in [-0.05, 0) is 35.8 Å². The second-order valence-corrected chi connectivity index (χ2v) is 6.17. The van der Waals surface area contributed by atoms with Gasteiger partial charge in [0.1, 0.15) is 0 Å². The van der Waals surface area contributed by atoms with Gasteiger partial charge in [0, 0.05) is 21.2 Å². The van der Waals surface area contributed by atoms with Crippen molar-refractivity contribution >= 4 is 46.6 Å². The van der Waals surface area contributed by atoms with Gasteiger partial charge < -0.3 is 0 Å². The van der Waals surface area contributed by atoms with Gasteiger partial charge >= 0.3 is 0 Å². The van der Waals surface area contributed by atoms with Crippen LogP contribution in [0.25, 0.3) is 0 Å². The zero-order chi connectivity index (χ0) is 10.8. The first-order chi connectivity index (χ1) is 7.18. The first kappa shape index (κ1) is 11.9. The minimum absolute atomic E-state index is 0.252. The highest BCUT2D eigenvalue weighted by atomic mass is 35.5. The number of thioether (sulfide) groups is 1. The zero-order valence-electron chi connectivity index (χ0n) is 8.05. The number of rotatable bonds is 2. The van der Waals surface area contributed by atoms with Crippen LogP contribution in [-0.2, 0) is 6.42 Å². The second-order valence-electron chi connectivity index (χ2n) is 3.72. The average Bonchev–Trinajstić information content (AvgIpc) is 2.58. The third kappa shape index (κ3) is 2.76. The molecule has 0 radical (unpaired) electrons. The lowest BCUT2D eigenvalue weighted by atomic mass is 9.98. The van der Waals surface area contributed by atoms with Crippen LogP contribution in [0.2, 0.25) is 10.0 Å². The maximum absolute atomic E-state index is 6.23. The highest BCUT2D eigenvalue weighted by Crippen LogP contribution is 2.34. The minimum Gasteiger partial charge on any atom is -0.160 e. The SMILES string of the molecule is Clc1cccc(Cl)c1CC1CSCC1Cl. The van der Waals surface area contributed by atoms with Crippen molar-refractivity contribution in [1.29, 1.82) is 0 Å². The van der Waals surface area contributed by atoms with Crippen LogP contribution in [0.1, 0.15) is 5.56 Å². The normalized spacial score (nSPS) is 25.8. The third-order valence-corrected chi connectivity index (χ3v) is 5.31. The molecule has 0 amide bonds. The highest BCUT2D eigenvalue weighted by Gasteiger charge is 2.27. The lowest BCUT2D eigenvalue weighted by molar-refractivity contribution is 0.603. The van der Waals surface area contributed by atoms with Gasteiger partial charge in [-0.25, -0.2) is 0 Å². The number of hydrogen-bond acceptors (Lipinski definition) is 1. The monoisotopic (exact) mass is 280 g/mol. The van der Waals surface area contributed by atoms with Crippen LogP contribution < -0.4 is 0 Å². The molecule has 2 atom stereocenters. The summed E-state index contributed by atoms with van der Waals surface area (Å²) in [5, 5.41) is 1.76. The van der Waals surface area contributed by atoms with E-state index in [1.54, 1.807) is 0 Å². The Hall–Kier alpha value is 0.440. The van der Waals surface area contributed by atoms with E-state index in [-0.39, 0.29) is 5.38 Å². The Labute approximate surface area is 109 Å². The van der Waals surface area contributed by atoms with Crippen LogP contribution in [0.15, 0.2) is 18.2 Å². The van der Waals surface area contributed by atoms with Crippen LogP contribution in [0.5, 0.6) is 0 Å². The first-order valence-corrected chi connectivity index (χ1v) is 7.18. The number of alkyl halides is 1. The Morgan fingerprint density at radius 2 is 1.87 bits per heavy atom. The van der Waals surface area contributed by atoms with Gasteiger partial charge in [0.2, 0.25) is 0 Å². The van der Waals surface area contributed by atoms with Crippen LogP contribution >= 0.6 is 46.6 Å². The molecule has 0 aromatic heterocycles. The summed E-state index contributed by atoms with van der Waals surface area (Å²) in [5.41, 5.74) is 1.04. The topological polar surface area (TPSA) is 0 Å². The van der Waals surface area contributed by atoms with Crippen molar-refractivity contribution in [2.24, 2.45) is 5.92 Å². The smallest absolute Gasteiger partial charge is 0.0465 e. The van der Waals surface area contributed by atoms with E-state index < -0.39 is 0 Å². The van der Waals surface area contributed by atoms with Gasteiger partial charge in [-0.2, -0.15) is 11.8 Å². The van der Waals surface area contributed by atoms with Gasteiger partial charge in [0.15, 0.2) is 0 Å². The van der Waals surface area contributed by atoms with Gasteiger partial charge in [0.25, 0.3) is 0 Å². The molecule has 0 spiro atoms. The molecule has 15 heavy (non-hydrogen) atoms. The molecule has 2 unspecified atom stereocenters. The van der Waals surface area contributed by atoms with Crippen molar-refractivity contribution in [3.05, 3.63) is 33.8 Å². The molecule has 4 heteroatoms. The quantitative estimate of drug-likeness (QED) is 0.719. The predicted octanol–water partition coefficient (Wildman–Crippen LogP) is 4.51. The van der Waals surface area contributed by atoms with Crippen molar-refractivity contribution in [3.8, 4) is 0 Å². The van der Waals surface area contributed by atoms with E-state index in [1.807, 2.05) is 30.0 Å². The summed E-state index contributed by atoms with van der Waals surface area (Å²) in [7, 11) is 0. The van der Waals surface area contributed by atoms with Crippen molar-refractivity contribution in [1.82, 2.24) is 0 Å². The molecule has 0 N–H and O–H groups in total. The molecular weight excluding hydrogens is 271 g/mol. The Morgan fingerprint density at radius 3 is 2.40 bits per heavy atom. The summed E-state index contributed by atoms with van der Waals surface area (Å²) in [6, 6.07) is 5.64. The van der Waals surface area contributed by atoms with Gasteiger partial charge in [0.05, 0.1) is 0 Å². The average molecular weight is 282 g/mol. The summed E-state index contributed by atoms with van der Waals surface area (Å²) in [5.74, 6) is 2.64. The zero-order valence-corrected chi connectivity index (χ0v) is 11.1. The maximum Gasteiger partial charge on any atom is 0.0465 e. The molecule has 1 saturated heterocycles. The van der Waals surface area contributed by atoms with Gasteiger partial charge in [-0.15, -0.1) is 11.6 Å². The van der Waals surface area contributed by atoms with Crippen molar-refractivity contribution < 1.29 is 0 Å². The Morgan fingerprint density at radius 1 is 1.20 bits per heavy atom. The summed E-state index contributed by atoms with van der Waals surface area (Å²) in [6.07, 6.45) is 0.889. The van der Waals surface area contributed by atoms with Crippen LogP contribution in [0.4, 0.5) is 0 Å². The van der Waals surface area contributed by atoms with Crippen molar-refractivity contribution in [2.75, 3.05) is 11.5 Å². The van der Waals surface area contributed by atoms with Crippen molar-refractivity contribution in [3.63, 3.8) is 0 Å². The molecule has 0 bridgehead atoms. The van der Waals surface area contributed by atoms with Gasteiger partial charge in [-0.1, -0.05) is 29.3 Å². The molecule has 1 heterocycles. The summed E-state index contributed by atoms with van der Waals surface area (Å²) < 4.78 is 0. The molecule has 2 rings (SSSR count). The van der Waals surface area contributed by atoms with Crippen molar-refractivity contribution in [2.45, 2.75) is 11.8 Å². The predicted molar refractivity (Wildman–Crippen MR) is 70.6 cm³/mol. The molecule has 1 aromatic carbocycles. The molecule has 1 aromatic rings. The molecule has 1 fully saturated rings. The molecule has 0 nitrogen and oxygen atoms in total. The van der Waals surface area contributed by atoms with E-state index in [2.05, 4.69) is 0 Å². The summed E-state index contributed by atoms with van der Waals surface area (Å²) >= 11 is 20.4. The number of halogens is 3. The fraction of sp³-hybridized carbons (Fsp3) is 0.455. The largest absolute Gasteiger partial charge is 0.160 e. The van der Waals surface area contributed by atoms with Gasteiger partial charge in [-0.3, -0.25) is 0 Å². The lowest BCUT2D eigenvalue weighted by Crippen LogP contribution is -2.15. The maximum atomic E-state index is 6.23. The molecule has 82 valence electrons. The number of hydrogen-bond donors (Lipinski definition) is 0. The highest BCUT2D eigenvalue weighted by molar-refractivity contribution is 7.99. The van der Waals surface area contributed by atoms with E-state index in [4.69, 9.17) is 34.8 Å². The molecular formula is C11H11Cl3S. The second kappa shape index (κ2) is 5.18. The van der Waals surface area contributed by atoms with E-state index >= 15 is 0 Å². The summed E-state index contributed by atoms with van der Waals surface area (Å²) in [4.78, 5) is 0. The third-order valence-electron chi connectivity index (χ3n) is 2.65. The van der Waals surface area contributed by atoms with E-state index in [9.17, 15) is 0 Å². The molecule has 1 aliphatic rings. The molecule has 0 saturated carbocycles. The molecule has 0 aliphatic carbocycles. The molecule has 1 aliphatic heterocycles. The van der Waals surface area contributed by atoms with Crippen LogP contribution in [0, 0.1) is 5.92 Å². The van der Waals surface area contributed by atoms with Crippen LogP contribution in [0.3, 0.4) is 0 Å². The van der Waals surface area contributed by atoms with E-state index in [0.29, 0.717) is 5.92 Å². The fourth-order valence-corrected chi connectivity index (χ4v) is 4.14. The summed E-state index contributed by atoms with van der Waals surface area (Å²) in [6.45, 7) is 0. The Kier molecular flexibility index (Phi) is 4.11. The Bertz CT molecular complexity index is 333. The number of benzene rings is 1.